The Morgan fingerprint density at radius 1 is 0.957 bits per heavy atom. The SMILES string of the molecule is CC(C)(C)OC(=O)NCc1n[nH]c(CNC(=O)OC(C)(C)C)n1. The average Bonchev–Trinajstić information content (AvgIpc) is 2.77. The van der Waals surface area contributed by atoms with Crippen LogP contribution in [-0.2, 0) is 22.6 Å². The molecule has 0 aliphatic rings. The van der Waals surface area contributed by atoms with Crippen LogP contribution in [0.2, 0.25) is 0 Å². The van der Waals surface area contributed by atoms with Gasteiger partial charge in [0.05, 0.1) is 13.1 Å². The summed E-state index contributed by atoms with van der Waals surface area (Å²) in [7, 11) is 0. The van der Waals surface area contributed by atoms with Crippen molar-refractivity contribution in [2.75, 3.05) is 0 Å². The molecule has 0 atom stereocenters. The maximum atomic E-state index is 11.5. The number of nitrogens with one attached hydrogen (secondary N) is 3. The number of rotatable bonds is 4. The van der Waals surface area contributed by atoms with E-state index in [1.165, 1.54) is 0 Å². The van der Waals surface area contributed by atoms with Gasteiger partial charge in [0, 0.05) is 0 Å². The molecule has 0 aromatic carbocycles. The molecular weight excluding hydrogens is 302 g/mol. The van der Waals surface area contributed by atoms with E-state index in [-0.39, 0.29) is 13.1 Å². The predicted molar refractivity (Wildman–Crippen MR) is 82.5 cm³/mol. The maximum absolute atomic E-state index is 11.5. The summed E-state index contributed by atoms with van der Waals surface area (Å²) in [4.78, 5) is 27.2. The second-order valence-corrected chi connectivity index (χ2v) is 6.91. The van der Waals surface area contributed by atoms with Gasteiger partial charge in [0.25, 0.3) is 0 Å². The topological polar surface area (TPSA) is 118 Å². The second kappa shape index (κ2) is 7.30. The third kappa shape index (κ3) is 8.64. The number of hydrogen-bond acceptors (Lipinski definition) is 6. The van der Waals surface area contributed by atoms with E-state index in [4.69, 9.17) is 9.47 Å². The third-order valence-electron chi connectivity index (χ3n) is 2.17. The maximum Gasteiger partial charge on any atom is 0.408 e. The quantitative estimate of drug-likeness (QED) is 0.776. The molecular formula is C14H25N5O4. The zero-order chi connectivity index (χ0) is 17.7. The fourth-order valence-electron chi connectivity index (χ4n) is 1.43. The molecule has 0 aliphatic carbocycles. The van der Waals surface area contributed by atoms with Crippen LogP contribution in [0.15, 0.2) is 0 Å². The van der Waals surface area contributed by atoms with Crippen LogP contribution in [0, 0.1) is 0 Å². The van der Waals surface area contributed by atoms with Gasteiger partial charge in [-0.3, -0.25) is 5.10 Å². The first-order valence-corrected chi connectivity index (χ1v) is 7.28. The third-order valence-corrected chi connectivity index (χ3v) is 2.17. The van der Waals surface area contributed by atoms with Gasteiger partial charge in [-0.05, 0) is 41.5 Å². The van der Waals surface area contributed by atoms with E-state index in [2.05, 4.69) is 25.8 Å². The molecule has 0 saturated heterocycles. The molecule has 2 amide bonds. The summed E-state index contributed by atoms with van der Waals surface area (Å²) >= 11 is 0. The molecule has 0 unspecified atom stereocenters. The number of ether oxygens (including phenoxy) is 2. The summed E-state index contributed by atoms with van der Waals surface area (Å²) < 4.78 is 10.2. The highest BCUT2D eigenvalue weighted by Crippen LogP contribution is 2.07. The number of aromatic nitrogens is 3. The molecule has 23 heavy (non-hydrogen) atoms. The van der Waals surface area contributed by atoms with Crippen molar-refractivity contribution in [2.24, 2.45) is 0 Å². The van der Waals surface area contributed by atoms with Crippen LogP contribution in [0.5, 0.6) is 0 Å². The van der Waals surface area contributed by atoms with Gasteiger partial charge >= 0.3 is 12.2 Å². The molecule has 0 spiro atoms. The number of carbonyl (C=O) groups is 2. The number of nitrogens with zero attached hydrogens (tertiary/aromatic N) is 2. The predicted octanol–water partition coefficient (Wildman–Crippen LogP) is 1.85. The standard InChI is InChI=1S/C14H25N5O4/c1-13(2,3)22-11(20)15-7-9-17-10(19-18-9)8-16-12(21)23-14(4,5)6/h7-8H2,1-6H3,(H,15,20)(H,16,21)(H,17,18,19). The van der Waals surface area contributed by atoms with E-state index in [1.54, 1.807) is 41.5 Å². The average molecular weight is 327 g/mol. The van der Waals surface area contributed by atoms with Crippen molar-refractivity contribution in [2.45, 2.75) is 65.8 Å². The summed E-state index contributed by atoms with van der Waals surface area (Å²) in [6.45, 7) is 10.9. The van der Waals surface area contributed by atoms with Gasteiger partial charge in [-0.1, -0.05) is 0 Å². The van der Waals surface area contributed by atoms with Gasteiger partial charge < -0.3 is 20.1 Å². The molecule has 1 aromatic rings. The van der Waals surface area contributed by atoms with Gasteiger partial charge in [0.15, 0.2) is 5.82 Å². The highest BCUT2D eigenvalue weighted by Gasteiger charge is 2.17. The fraction of sp³-hybridized carbons (Fsp3) is 0.714. The van der Waals surface area contributed by atoms with E-state index in [9.17, 15) is 9.59 Å². The lowest BCUT2D eigenvalue weighted by Crippen LogP contribution is -2.32. The van der Waals surface area contributed by atoms with Crippen LogP contribution in [0.4, 0.5) is 9.59 Å². The Hall–Kier alpha value is -2.32. The first-order chi connectivity index (χ1) is 10.4. The number of H-pyrrole nitrogens is 1. The lowest BCUT2D eigenvalue weighted by molar-refractivity contribution is 0.0512. The molecule has 1 heterocycles. The minimum Gasteiger partial charge on any atom is -0.444 e. The summed E-state index contributed by atoms with van der Waals surface area (Å²) in [5, 5.41) is 11.7. The van der Waals surface area contributed by atoms with Crippen molar-refractivity contribution in [1.82, 2.24) is 25.8 Å². The Balaban J connectivity index is 2.38. The van der Waals surface area contributed by atoms with Gasteiger partial charge in [0.2, 0.25) is 0 Å². The highest BCUT2D eigenvalue weighted by atomic mass is 16.6. The summed E-state index contributed by atoms with van der Waals surface area (Å²) in [6, 6.07) is 0. The van der Waals surface area contributed by atoms with E-state index < -0.39 is 23.4 Å². The van der Waals surface area contributed by atoms with Crippen molar-refractivity contribution < 1.29 is 19.1 Å². The first-order valence-electron chi connectivity index (χ1n) is 7.28. The molecule has 1 aromatic heterocycles. The summed E-state index contributed by atoms with van der Waals surface area (Å²) in [6.07, 6.45) is -1.09. The van der Waals surface area contributed by atoms with Gasteiger partial charge in [0.1, 0.15) is 17.0 Å². The highest BCUT2D eigenvalue weighted by molar-refractivity contribution is 5.67. The van der Waals surface area contributed by atoms with Crippen LogP contribution in [0.1, 0.15) is 53.2 Å². The second-order valence-electron chi connectivity index (χ2n) is 6.91. The molecule has 9 heteroatoms. The number of aromatic amines is 1. The van der Waals surface area contributed by atoms with Crippen molar-refractivity contribution in [1.29, 1.82) is 0 Å². The molecule has 0 radical (unpaired) electrons. The van der Waals surface area contributed by atoms with Crippen LogP contribution in [0.25, 0.3) is 0 Å². The smallest absolute Gasteiger partial charge is 0.408 e. The molecule has 1 rings (SSSR count). The molecule has 0 aliphatic heterocycles. The zero-order valence-electron chi connectivity index (χ0n) is 14.4. The minimum atomic E-state index is -0.564. The van der Waals surface area contributed by atoms with Crippen LogP contribution < -0.4 is 10.6 Å². The zero-order valence-corrected chi connectivity index (χ0v) is 14.4. The molecule has 0 bridgehead atoms. The van der Waals surface area contributed by atoms with Gasteiger partial charge in [-0.15, -0.1) is 0 Å². The normalized spacial score (nSPS) is 11.7. The van der Waals surface area contributed by atoms with Crippen molar-refractivity contribution in [3.63, 3.8) is 0 Å². The van der Waals surface area contributed by atoms with Crippen LogP contribution in [-0.4, -0.2) is 38.6 Å². The number of hydrogen-bond donors (Lipinski definition) is 3. The van der Waals surface area contributed by atoms with E-state index in [0.29, 0.717) is 11.6 Å². The van der Waals surface area contributed by atoms with Gasteiger partial charge in [-0.25, -0.2) is 14.6 Å². The van der Waals surface area contributed by atoms with Crippen LogP contribution in [0.3, 0.4) is 0 Å². The first kappa shape index (κ1) is 18.7. The molecule has 9 nitrogen and oxygen atoms in total. The number of alkyl carbamates (subject to hydrolysis) is 2. The Labute approximate surface area is 135 Å². The van der Waals surface area contributed by atoms with E-state index >= 15 is 0 Å². The molecule has 130 valence electrons. The Bertz CT molecular complexity index is 496. The largest absolute Gasteiger partial charge is 0.444 e. The monoisotopic (exact) mass is 327 g/mol. The lowest BCUT2D eigenvalue weighted by atomic mass is 10.2. The van der Waals surface area contributed by atoms with Crippen molar-refractivity contribution in [3.05, 3.63) is 11.6 Å². The van der Waals surface area contributed by atoms with Crippen molar-refractivity contribution >= 4 is 12.2 Å². The summed E-state index contributed by atoms with van der Waals surface area (Å²) in [5.74, 6) is 0.841. The fourth-order valence-corrected chi connectivity index (χ4v) is 1.43. The van der Waals surface area contributed by atoms with E-state index in [0.717, 1.165) is 0 Å². The molecule has 3 N–H and O–H groups in total. The lowest BCUT2D eigenvalue weighted by Gasteiger charge is -2.19. The Morgan fingerprint density at radius 2 is 1.43 bits per heavy atom. The van der Waals surface area contributed by atoms with E-state index in [1.807, 2.05) is 0 Å². The number of amides is 2. The van der Waals surface area contributed by atoms with Crippen molar-refractivity contribution in [3.8, 4) is 0 Å². The Morgan fingerprint density at radius 3 is 1.91 bits per heavy atom. The molecule has 0 fully saturated rings. The van der Waals surface area contributed by atoms with Gasteiger partial charge in [-0.2, -0.15) is 5.10 Å². The minimum absolute atomic E-state index is 0.123. The van der Waals surface area contributed by atoms with Crippen LogP contribution >= 0.6 is 0 Å². The molecule has 0 saturated carbocycles. The number of carbonyl (C=O) groups excluding carboxylic acids is 2. The summed E-state index contributed by atoms with van der Waals surface area (Å²) in [5.41, 5.74) is -1.13. The Kier molecular flexibility index (Phi) is 5.94.